The highest BCUT2D eigenvalue weighted by Gasteiger charge is 2.28. The summed E-state index contributed by atoms with van der Waals surface area (Å²) in [6, 6.07) is 20.1. The van der Waals surface area contributed by atoms with Gasteiger partial charge in [0.15, 0.2) is 0 Å². The van der Waals surface area contributed by atoms with E-state index in [0.717, 1.165) is 19.6 Å². The van der Waals surface area contributed by atoms with Gasteiger partial charge >= 0.3 is 0 Å². The van der Waals surface area contributed by atoms with Gasteiger partial charge in [0.05, 0.1) is 92.5 Å². The van der Waals surface area contributed by atoms with Gasteiger partial charge in [-0.2, -0.15) is 0 Å². The zero-order chi connectivity index (χ0) is 31.7. The van der Waals surface area contributed by atoms with Crippen molar-refractivity contribution in [3.63, 3.8) is 0 Å². The van der Waals surface area contributed by atoms with Gasteiger partial charge in [-0.15, -0.1) is 0 Å². The fraction of sp³-hybridized carbons (Fsp3) is 0.568. The molecule has 2 saturated heterocycles. The van der Waals surface area contributed by atoms with E-state index in [-0.39, 0.29) is 0 Å². The lowest BCUT2D eigenvalue weighted by atomic mass is 9.92. The second-order valence-corrected chi connectivity index (χ2v) is 12.9. The zero-order valence-corrected chi connectivity index (χ0v) is 27.4. The van der Waals surface area contributed by atoms with Gasteiger partial charge < -0.3 is 37.9 Å². The van der Waals surface area contributed by atoms with E-state index in [9.17, 15) is 0 Å². The summed E-state index contributed by atoms with van der Waals surface area (Å²) in [5.74, 6) is 0. The molecule has 0 spiro atoms. The van der Waals surface area contributed by atoms with Gasteiger partial charge in [0.25, 0.3) is 0 Å². The van der Waals surface area contributed by atoms with Gasteiger partial charge in [-0.25, -0.2) is 0 Å². The Hall–Kier alpha value is -2.44. The van der Waals surface area contributed by atoms with Crippen LogP contribution in [-0.2, 0) is 44.4 Å². The molecule has 6 rings (SSSR count). The van der Waals surface area contributed by atoms with E-state index >= 15 is 0 Å². The van der Waals surface area contributed by atoms with Gasteiger partial charge in [0.2, 0.25) is 0 Å². The monoisotopic (exact) mass is 635 g/mol. The summed E-state index contributed by atoms with van der Waals surface area (Å²) in [5.41, 5.74) is 0.0735. The van der Waals surface area contributed by atoms with Gasteiger partial charge in [-0.05, 0) is 51.7 Å². The van der Waals surface area contributed by atoms with Gasteiger partial charge in [0.1, 0.15) is 11.2 Å². The van der Waals surface area contributed by atoms with Gasteiger partial charge in [0, 0.05) is 19.6 Å². The van der Waals surface area contributed by atoms with Crippen molar-refractivity contribution in [1.29, 1.82) is 0 Å². The Labute approximate surface area is 272 Å². The Kier molecular flexibility index (Phi) is 11.7. The molecule has 2 fully saturated rings. The smallest absolute Gasteiger partial charge is 0.112 e. The lowest BCUT2D eigenvalue weighted by Crippen LogP contribution is -2.43. The number of rotatable bonds is 2. The maximum Gasteiger partial charge on any atom is 0.112 e. The topological polar surface area (TPSA) is 77.1 Å². The summed E-state index contributed by atoms with van der Waals surface area (Å²) in [5, 5.41) is 7.80. The van der Waals surface area contributed by atoms with Crippen molar-refractivity contribution < 1.29 is 37.9 Å². The highest BCUT2D eigenvalue weighted by atomic mass is 16.6. The first-order chi connectivity index (χ1) is 22.5. The lowest BCUT2D eigenvalue weighted by molar-refractivity contribution is -0.155. The molecule has 2 aliphatic rings. The van der Waals surface area contributed by atoms with Crippen molar-refractivity contribution in [3.05, 3.63) is 60.2 Å². The quantitative estimate of drug-likeness (QED) is 0.222. The molecule has 2 bridgehead atoms. The minimum Gasteiger partial charge on any atom is -0.377 e. The van der Waals surface area contributed by atoms with Crippen LogP contribution in [-0.4, -0.2) is 122 Å². The summed E-state index contributed by atoms with van der Waals surface area (Å²) in [4.78, 5) is 2.42. The van der Waals surface area contributed by atoms with Crippen molar-refractivity contribution in [2.75, 3.05) is 106 Å². The molecule has 0 aromatic heterocycles. The third-order valence-corrected chi connectivity index (χ3v) is 8.85. The van der Waals surface area contributed by atoms with Crippen LogP contribution < -0.4 is 0 Å². The Morgan fingerprint density at radius 3 is 1.54 bits per heavy atom. The molecule has 2 unspecified atom stereocenters. The molecule has 0 aliphatic carbocycles. The van der Waals surface area contributed by atoms with E-state index in [1.807, 2.05) is 13.8 Å². The van der Waals surface area contributed by atoms with Crippen molar-refractivity contribution in [2.45, 2.75) is 31.6 Å². The Bertz CT molecular complexity index is 1460. The third kappa shape index (κ3) is 8.72. The van der Waals surface area contributed by atoms with Gasteiger partial charge in [-0.1, -0.05) is 54.6 Å². The average molecular weight is 636 g/mol. The molecule has 0 amide bonds. The summed E-state index contributed by atoms with van der Waals surface area (Å²) >= 11 is 0. The predicted molar refractivity (Wildman–Crippen MR) is 179 cm³/mol. The number of nitrogens with zero attached hydrogens (tertiary/aromatic N) is 1. The molecular formula is C37H49NO8. The summed E-state index contributed by atoms with van der Waals surface area (Å²) in [6.45, 7) is 12.8. The van der Waals surface area contributed by atoms with Crippen molar-refractivity contribution in [3.8, 4) is 0 Å². The lowest BCUT2D eigenvalue weighted by Gasteiger charge is -2.32. The van der Waals surface area contributed by atoms with Crippen LogP contribution in [0.15, 0.2) is 54.6 Å². The van der Waals surface area contributed by atoms with Crippen LogP contribution in [0.25, 0.3) is 32.3 Å². The van der Waals surface area contributed by atoms with Crippen LogP contribution in [0.4, 0.5) is 0 Å². The van der Waals surface area contributed by atoms with E-state index in [0.29, 0.717) is 92.5 Å². The van der Waals surface area contributed by atoms with E-state index in [1.165, 1.54) is 37.9 Å². The molecule has 2 aliphatic heterocycles. The molecule has 4 aromatic carbocycles. The first-order valence-corrected chi connectivity index (χ1v) is 16.6. The maximum absolute atomic E-state index is 6.28. The number of fused-ring (bicyclic) bond motifs is 8. The number of hydrogen-bond acceptors (Lipinski definition) is 9. The standard InChI is InChI=1S/C37H49NO8/c1-36-25-41-14-12-38(24-32-9-8-31-7-6-29-4-3-5-30-10-11-33(32)35(31)34(29)30)13-15-42-26-37(2,46-23-21-40-20-22-45-36)28-44-19-17-39-16-18-43-27-36/h3-11H,12-28H2,1-2H3. The van der Waals surface area contributed by atoms with Crippen molar-refractivity contribution >= 4 is 32.3 Å². The molecule has 2 heterocycles. The fourth-order valence-corrected chi connectivity index (χ4v) is 6.37. The Morgan fingerprint density at radius 2 is 0.957 bits per heavy atom. The number of hydrogen-bond donors (Lipinski definition) is 0. The first-order valence-electron chi connectivity index (χ1n) is 16.6. The van der Waals surface area contributed by atoms with Gasteiger partial charge in [-0.3, -0.25) is 4.90 Å². The largest absolute Gasteiger partial charge is 0.377 e. The summed E-state index contributed by atoms with van der Waals surface area (Å²) in [7, 11) is 0. The highest BCUT2D eigenvalue weighted by molar-refractivity contribution is 6.23. The van der Waals surface area contributed by atoms with Crippen LogP contribution in [0.1, 0.15) is 19.4 Å². The number of ether oxygens (including phenoxy) is 8. The molecule has 250 valence electrons. The van der Waals surface area contributed by atoms with Crippen LogP contribution in [0, 0.1) is 0 Å². The normalized spacial score (nSPS) is 26.7. The molecule has 46 heavy (non-hydrogen) atoms. The summed E-state index contributed by atoms with van der Waals surface area (Å²) in [6.07, 6.45) is 0. The van der Waals surface area contributed by atoms with Crippen molar-refractivity contribution in [2.24, 2.45) is 0 Å². The minimum absolute atomic E-state index is 0.397. The van der Waals surface area contributed by atoms with E-state index in [2.05, 4.69) is 59.5 Å². The predicted octanol–water partition coefficient (Wildman–Crippen LogP) is 5.06. The van der Waals surface area contributed by atoms with Crippen LogP contribution in [0.2, 0.25) is 0 Å². The van der Waals surface area contributed by atoms with E-state index in [4.69, 9.17) is 37.9 Å². The zero-order valence-electron chi connectivity index (χ0n) is 27.4. The molecule has 9 nitrogen and oxygen atoms in total. The second kappa shape index (κ2) is 16.1. The molecule has 4 aromatic rings. The maximum atomic E-state index is 6.28. The third-order valence-electron chi connectivity index (χ3n) is 8.85. The second-order valence-electron chi connectivity index (χ2n) is 12.9. The Balaban J connectivity index is 1.22. The first kappa shape index (κ1) is 33.5. The van der Waals surface area contributed by atoms with Crippen molar-refractivity contribution in [1.82, 2.24) is 4.90 Å². The molecule has 9 heteroatoms. The highest BCUT2D eigenvalue weighted by Crippen LogP contribution is 2.36. The SMILES string of the molecule is CC12COCCOCCOCC(C)(COCCN(Cc3ccc4ccc5cccc6ccc3c4c56)CCOC1)OCCOCCO2. The molecule has 2 atom stereocenters. The van der Waals surface area contributed by atoms with E-state index in [1.54, 1.807) is 0 Å². The number of benzene rings is 4. The van der Waals surface area contributed by atoms with Crippen LogP contribution >= 0.6 is 0 Å². The van der Waals surface area contributed by atoms with Crippen LogP contribution in [0.5, 0.6) is 0 Å². The molecule has 0 radical (unpaired) electrons. The molecular weight excluding hydrogens is 586 g/mol. The molecule has 0 saturated carbocycles. The van der Waals surface area contributed by atoms with Crippen LogP contribution in [0.3, 0.4) is 0 Å². The fourth-order valence-electron chi connectivity index (χ4n) is 6.37. The van der Waals surface area contributed by atoms with E-state index < -0.39 is 11.2 Å². The average Bonchev–Trinajstić information content (AvgIpc) is 3.06. The molecule has 0 N–H and O–H groups in total. The minimum atomic E-state index is -0.613. The Morgan fingerprint density at radius 1 is 0.500 bits per heavy atom. The summed E-state index contributed by atoms with van der Waals surface area (Å²) < 4.78 is 48.5.